The standard InChI is InChI=1S/C12H21NO3/c1-8(10(15)16)13-11(2,3)6-9(14)7-12(13,4)5/h8H,6-7H2,1-5H3,(H,15,16). The van der Waals surface area contributed by atoms with Gasteiger partial charge in [-0.1, -0.05) is 0 Å². The fraction of sp³-hybridized carbons (Fsp3) is 0.833. The van der Waals surface area contributed by atoms with Gasteiger partial charge in [-0.15, -0.1) is 0 Å². The number of aliphatic carboxylic acids is 1. The molecule has 1 N–H and O–H groups in total. The van der Waals surface area contributed by atoms with Crippen molar-refractivity contribution in [3.05, 3.63) is 0 Å². The number of ketones is 1. The smallest absolute Gasteiger partial charge is 0.320 e. The minimum Gasteiger partial charge on any atom is -0.480 e. The average Bonchev–Trinajstić information content (AvgIpc) is 1.96. The second-order valence-corrected chi connectivity index (χ2v) is 5.90. The molecular weight excluding hydrogens is 206 g/mol. The lowest BCUT2D eigenvalue weighted by Gasteiger charge is -2.53. The van der Waals surface area contributed by atoms with Crippen LogP contribution in [0, 0.1) is 0 Å². The van der Waals surface area contributed by atoms with Crippen LogP contribution in [-0.2, 0) is 9.59 Å². The number of hydrogen-bond donors (Lipinski definition) is 1. The molecule has 1 fully saturated rings. The van der Waals surface area contributed by atoms with E-state index in [1.54, 1.807) is 6.92 Å². The van der Waals surface area contributed by atoms with Crippen molar-refractivity contribution < 1.29 is 14.7 Å². The molecule has 1 rings (SSSR count). The number of carbonyl (C=O) groups excluding carboxylic acids is 1. The first kappa shape index (κ1) is 13.2. The Labute approximate surface area is 96.6 Å². The van der Waals surface area contributed by atoms with Gasteiger partial charge in [0.05, 0.1) is 0 Å². The number of carboxylic acid groups (broad SMARTS) is 1. The summed E-state index contributed by atoms with van der Waals surface area (Å²) in [7, 11) is 0. The molecule has 0 amide bonds. The van der Waals surface area contributed by atoms with E-state index in [2.05, 4.69) is 0 Å². The van der Waals surface area contributed by atoms with E-state index >= 15 is 0 Å². The highest BCUT2D eigenvalue weighted by Crippen LogP contribution is 2.38. The summed E-state index contributed by atoms with van der Waals surface area (Å²) in [5, 5.41) is 9.14. The van der Waals surface area contributed by atoms with Crippen LogP contribution in [0.3, 0.4) is 0 Å². The van der Waals surface area contributed by atoms with Gasteiger partial charge in [0.15, 0.2) is 0 Å². The van der Waals surface area contributed by atoms with Gasteiger partial charge in [0.2, 0.25) is 0 Å². The maximum Gasteiger partial charge on any atom is 0.320 e. The summed E-state index contributed by atoms with van der Waals surface area (Å²) in [6.45, 7) is 9.43. The van der Waals surface area contributed by atoms with Crippen molar-refractivity contribution in [2.24, 2.45) is 0 Å². The lowest BCUT2D eigenvalue weighted by Crippen LogP contribution is -2.65. The number of piperidine rings is 1. The first-order valence-electron chi connectivity index (χ1n) is 5.62. The molecule has 1 heterocycles. The molecule has 0 aromatic rings. The number of Topliss-reactive ketones (excluding diaryl/α,β-unsaturated/α-hetero) is 1. The second-order valence-electron chi connectivity index (χ2n) is 5.90. The average molecular weight is 227 g/mol. The fourth-order valence-electron chi connectivity index (χ4n) is 3.18. The van der Waals surface area contributed by atoms with Gasteiger partial charge in [-0.2, -0.15) is 0 Å². The summed E-state index contributed by atoms with van der Waals surface area (Å²) in [6.07, 6.45) is 0.849. The van der Waals surface area contributed by atoms with Crippen molar-refractivity contribution in [2.45, 2.75) is 64.6 Å². The predicted octanol–water partition coefficient (Wildman–Crippen LogP) is 1.68. The van der Waals surface area contributed by atoms with Crippen LogP contribution in [0.15, 0.2) is 0 Å². The lowest BCUT2D eigenvalue weighted by molar-refractivity contribution is -0.157. The van der Waals surface area contributed by atoms with Crippen LogP contribution < -0.4 is 0 Å². The zero-order valence-electron chi connectivity index (χ0n) is 10.7. The number of rotatable bonds is 2. The predicted molar refractivity (Wildman–Crippen MR) is 61.3 cm³/mol. The summed E-state index contributed by atoms with van der Waals surface area (Å²) < 4.78 is 0. The summed E-state index contributed by atoms with van der Waals surface area (Å²) in [5.41, 5.74) is -0.784. The van der Waals surface area contributed by atoms with E-state index in [1.165, 1.54) is 0 Å². The highest BCUT2D eigenvalue weighted by molar-refractivity contribution is 5.82. The Morgan fingerprint density at radius 1 is 1.25 bits per heavy atom. The molecule has 0 bridgehead atoms. The van der Waals surface area contributed by atoms with Crippen LogP contribution in [0.2, 0.25) is 0 Å². The summed E-state index contributed by atoms with van der Waals surface area (Å²) >= 11 is 0. The van der Waals surface area contributed by atoms with E-state index < -0.39 is 23.1 Å². The molecule has 1 saturated heterocycles. The number of nitrogens with zero attached hydrogens (tertiary/aromatic N) is 1. The van der Waals surface area contributed by atoms with E-state index in [9.17, 15) is 9.59 Å². The van der Waals surface area contributed by atoms with Crippen LogP contribution >= 0.6 is 0 Å². The normalized spacial score (nSPS) is 26.4. The van der Waals surface area contributed by atoms with Gasteiger partial charge < -0.3 is 5.11 Å². The molecule has 1 aliphatic rings. The number of carbonyl (C=O) groups is 2. The monoisotopic (exact) mass is 227 g/mol. The fourth-order valence-corrected chi connectivity index (χ4v) is 3.18. The molecular formula is C12H21NO3. The number of hydrogen-bond acceptors (Lipinski definition) is 3. The Morgan fingerprint density at radius 3 is 1.94 bits per heavy atom. The van der Waals surface area contributed by atoms with Crippen LogP contribution in [0.1, 0.15) is 47.5 Å². The molecule has 0 aromatic heterocycles. The Morgan fingerprint density at radius 2 is 1.62 bits per heavy atom. The summed E-state index contributed by atoms with van der Waals surface area (Å²) in [4.78, 5) is 24.7. The van der Waals surface area contributed by atoms with E-state index in [0.717, 1.165) is 0 Å². The third-order valence-electron chi connectivity index (χ3n) is 3.31. The minimum atomic E-state index is -0.838. The van der Waals surface area contributed by atoms with Crippen molar-refractivity contribution >= 4 is 11.8 Å². The molecule has 0 aliphatic carbocycles. The number of likely N-dealkylation sites (tertiary alicyclic amines) is 1. The zero-order valence-corrected chi connectivity index (χ0v) is 10.7. The highest BCUT2D eigenvalue weighted by atomic mass is 16.4. The second kappa shape index (κ2) is 3.84. The lowest BCUT2D eigenvalue weighted by atomic mass is 9.78. The third-order valence-corrected chi connectivity index (χ3v) is 3.31. The Kier molecular flexibility index (Phi) is 3.16. The van der Waals surface area contributed by atoms with Gasteiger partial charge in [-0.05, 0) is 34.6 Å². The van der Waals surface area contributed by atoms with Crippen molar-refractivity contribution in [3.63, 3.8) is 0 Å². The molecule has 1 atom stereocenters. The summed E-state index contributed by atoms with van der Waals surface area (Å²) in [6, 6.07) is -0.571. The van der Waals surface area contributed by atoms with Crippen LogP contribution in [0.4, 0.5) is 0 Å². The quantitative estimate of drug-likeness (QED) is 0.779. The highest BCUT2D eigenvalue weighted by Gasteiger charge is 2.48. The Hall–Kier alpha value is -0.900. The first-order chi connectivity index (χ1) is 7.08. The van der Waals surface area contributed by atoms with Gasteiger partial charge in [0, 0.05) is 23.9 Å². The Balaban J connectivity index is 3.11. The molecule has 0 saturated carbocycles. The molecule has 0 radical (unpaired) electrons. The largest absolute Gasteiger partial charge is 0.480 e. The van der Waals surface area contributed by atoms with Crippen LogP contribution in [0.25, 0.3) is 0 Å². The van der Waals surface area contributed by atoms with Crippen molar-refractivity contribution in [1.29, 1.82) is 0 Å². The molecule has 16 heavy (non-hydrogen) atoms. The maximum absolute atomic E-state index is 11.7. The third kappa shape index (κ3) is 2.26. The molecule has 92 valence electrons. The topological polar surface area (TPSA) is 57.6 Å². The van der Waals surface area contributed by atoms with Gasteiger partial charge >= 0.3 is 5.97 Å². The molecule has 1 aliphatic heterocycles. The van der Waals surface area contributed by atoms with Crippen molar-refractivity contribution in [2.75, 3.05) is 0 Å². The molecule has 4 nitrogen and oxygen atoms in total. The van der Waals surface area contributed by atoms with Crippen molar-refractivity contribution in [3.8, 4) is 0 Å². The van der Waals surface area contributed by atoms with E-state index in [-0.39, 0.29) is 5.78 Å². The van der Waals surface area contributed by atoms with Gasteiger partial charge in [0.25, 0.3) is 0 Å². The Bertz CT molecular complexity index is 300. The molecule has 0 spiro atoms. The zero-order chi connectivity index (χ0) is 12.7. The first-order valence-corrected chi connectivity index (χ1v) is 5.62. The summed E-state index contributed by atoms with van der Waals surface area (Å²) in [5.74, 6) is -0.626. The van der Waals surface area contributed by atoms with Crippen LogP contribution in [-0.4, -0.2) is 38.9 Å². The molecule has 4 heteroatoms. The molecule has 0 aromatic carbocycles. The van der Waals surface area contributed by atoms with Crippen molar-refractivity contribution in [1.82, 2.24) is 4.90 Å². The van der Waals surface area contributed by atoms with Gasteiger partial charge in [0.1, 0.15) is 11.8 Å². The number of carboxylic acids is 1. The molecule has 1 unspecified atom stereocenters. The van der Waals surface area contributed by atoms with Gasteiger partial charge in [-0.3, -0.25) is 14.5 Å². The maximum atomic E-state index is 11.7. The SMILES string of the molecule is CC(C(=O)O)N1C(C)(C)CC(=O)CC1(C)C. The minimum absolute atomic E-state index is 0.212. The van der Waals surface area contributed by atoms with E-state index in [1.807, 2.05) is 32.6 Å². The van der Waals surface area contributed by atoms with E-state index in [4.69, 9.17) is 5.11 Å². The van der Waals surface area contributed by atoms with Crippen LogP contribution in [0.5, 0.6) is 0 Å². The van der Waals surface area contributed by atoms with Gasteiger partial charge in [-0.25, -0.2) is 0 Å². The van der Waals surface area contributed by atoms with E-state index in [0.29, 0.717) is 12.8 Å².